The van der Waals surface area contributed by atoms with Crippen LogP contribution in [-0.4, -0.2) is 31.5 Å². The van der Waals surface area contributed by atoms with Crippen LogP contribution in [0, 0.1) is 6.92 Å². The minimum absolute atomic E-state index is 0.137. The van der Waals surface area contributed by atoms with Gasteiger partial charge in [0.2, 0.25) is 0 Å². The van der Waals surface area contributed by atoms with Gasteiger partial charge >= 0.3 is 0 Å². The Morgan fingerprint density at radius 1 is 0.642 bits per heavy atom. The molecule has 6 nitrogen and oxygen atoms in total. The van der Waals surface area contributed by atoms with Crippen molar-refractivity contribution in [3.05, 3.63) is 76.5 Å². The van der Waals surface area contributed by atoms with Gasteiger partial charge in [0, 0.05) is 51.6 Å². The summed E-state index contributed by atoms with van der Waals surface area (Å²) in [6.07, 6.45) is 6.29. The number of thiazole rings is 4. The largest absolute Gasteiger partial charge is 0.292 e. The first-order valence-corrected chi connectivity index (χ1v) is 22.9. The lowest BCUT2D eigenvalue weighted by Gasteiger charge is -2.06. The van der Waals surface area contributed by atoms with E-state index in [0.717, 1.165) is 20.4 Å². The number of aromatic nitrogens is 4. The average Bonchev–Trinajstić information content (AvgIpc) is 3.98. The maximum Gasteiger partial charge on any atom is 0.182 e. The summed E-state index contributed by atoms with van der Waals surface area (Å²) in [7, 11) is 0. The summed E-state index contributed by atoms with van der Waals surface area (Å²) in [6, 6.07) is 8.29. The topological polar surface area (TPSA) is 85.7 Å². The van der Waals surface area contributed by atoms with Crippen molar-refractivity contribution in [2.45, 2.75) is 166 Å². The Kier molecular flexibility index (Phi) is 23.2. The van der Waals surface area contributed by atoms with E-state index in [-0.39, 0.29) is 11.6 Å². The molecule has 0 radical (unpaired) electrons. The molecule has 53 heavy (non-hydrogen) atoms. The minimum Gasteiger partial charge on any atom is -0.292 e. The van der Waals surface area contributed by atoms with Crippen LogP contribution in [0.1, 0.15) is 203 Å². The van der Waals surface area contributed by atoms with Gasteiger partial charge in [0.05, 0.1) is 35.9 Å². The molecule has 0 unspecified atom stereocenters. The highest BCUT2D eigenvalue weighted by Crippen LogP contribution is 2.30. The molecule has 4 aromatic heterocycles. The van der Waals surface area contributed by atoms with Crippen molar-refractivity contribution < 1.29 is 9.59 Å². The Morgan fingerprint density at radius 3 is 1.66 bits per heavy atom. The number of fused-ring (bicyclic) bond motifs is 2. The van der Waals surface area contributed by atoms with Gasteiger partial charge in [-0.25, -0.2) is 19.9 Å². The third-order valence-electron chi connectivity index (χ3n) is 7.68. The van der Waals surface area contributed by atoms with E-state index in [9.17, 15) is 9.59 Å². The summed E-state index contributed by atoms with van der Waals surface area (Å²) in [5.41, 5.74) is 3.84. The molecule has 0 aliphatic heterocycles. The van der Waals surface area contributed by atoms with E-state index in [4.69, 9.17) is 0 Å². The van der Waals surface area contributed by atoms with E-state index in [0.29, 0.717) is 47.9 Å². The molecule has 1 aliphatic carbocycles. The average molecular weight is 799 g/mol. The molecule has 0 N–H and O–H groups in total. The number of hydrogen-bond donors (Lipinski definition) is 0. The van der Waals surface area contributed by atoms with Crippen molar-refractivity contribution in [2.24, 2.45) is 0 Å². The van der Waals surface area contributed by atoms with Crippen LogP contribution in [0.15, 0.2) is 29.6 Å². The molecular weight excluding hydrogens is 733 g/mol. The second-order valence-electron chi connectivity index (χ2n) is 13.3. The van der Waals surface area contributed by atoms with Gasteiger partial charge < -0.3 is 0 Å². The molecule has 0 atom stereocenters. The number of ketones is 2. The standard InChI is InChI=1S/C10H15NOS.C10H15NS.C10H11NS.C9H13NOS.2C2H6/c1-5-8(12)9-7(4)13-10(11-9)6(2)3;2*1-7(2)10-11-8-5-3-4-6-9(8)12-10;1-4-8(11)7-5-12-9(10-7)6(2)3;2*1-2/h6H,5H2,1-4H3;7H,3-6H2,1-2H3;3-7H,1-2H3;5-6H,4H2,1-3H3;2*1-2H3. The van der Waals surface area contributed by atoms with Crippen molar-refractivity contribution in [3.63, 3.8) is 0 Å². The van der Waals surface area contributed by atoms with E-state index < -0.39 is 0 Å². The van der Waals surface area contributed by atoms with Gasteiger partial charge in [-0.2, -0.15) is 0 Å². The molecule has 294 valence electrons. The fourth-order valence-electron chi connectivity index (χ4n) is 4.71. The number of para-hydroxylation sites is 1. The maximum atomic E-state index is 11.4. The van der Waals surface area contributed by atoms with Gasteiger partial charge in [-0.3, -0.25) is 9.59 Å². The fraction of sp³-hybridized carbons (Fsp3) is 0.581. The van der Waals surface area contributed by atoms with Crippen LogP contribution in [0.4, 0.5) is 0 Å². The van der Waals surface area contributed by atoms with Crippen LogP contribution in [0.2, 0.25) is 0 Å². The SMILES string of the molecule is CC.CC.CC(C)c1nc2c(s1)CCCC2.CC(C)c1nc2ccccc2s1.CCC(=O)c1csc(C(C)C)n1.CCC(=O)c1nc(C(C)C)sc1C. The summed E-state index contributed by atoms with van der Waals surface area (Å²) in [5.74, 6) is 2.29. The Labute approximate surface area is 337 Å². The van der Waals surface area contributed by atoms with Crippen LogP contribution in [-0.2, 0) is 12.8 Å². The van der Waals surface area contributed by atoms with Crippen LogP contribution < -0.4 is 0 Å². The van der Waals surface area contributed by atoms with Crippen LogP contribution >= 0.6 is 45.3 Å². The quantitative estimate of drug-likeness (QED) is 0.145. The summed E-state index contributed by atoms with van der Waals surface area (Å²) in [6.45, 7) is 30.9. The monoisotopic (exact) mass is 798 g/mol. The second kappa shape index (κ2) is 25.4. The second-order valence-corrected chi connectivity index (χ2v) is 17.7. The van der Waals surface area contributed by atoms with E-state index in [1.54, 1.807) is 38.9 Å². The van der Waals surface area contributed by atoms with E-state index >= 15 is 0 Å². The number of carbonyl (C=O) groups excluding carboxylic acids is 2. The van der Waals surface area contributed by atoms with Crippen LogP contribution in [0.3, 0.4) is 0 Å². The van der Waals surface area contributed by atoms with Gasteiger partial charge in [0.15, 0.2) is 11.6 Å². The highest BCUT2D eigenvalue weighted by atomic mass is 32.1. The lowest BCUT2D eigenvalue weighted by atomic mass is 10.0. The zero-order valence-corrected chi connectivity index (χ0v) is 38.4. The number of benzene rings is 1. The predicted octanol–water partition coefficient (Wildman–Crippen LogP) is 14.6. The molecular formula is C43H66N4O2S4. The molecule has 5 aromatic rings. The summed E-state index contributed by atoms with van der Waals surface area (Å²) >= 11 is 6.93. The van der Waals surface area contributed by atoms with Gasteiger partial charge in [-0.05, 0) is 44.7 Å². The Balaban J connectivity index is 0.000000342. The Morgan fingerprint density at radius 2 is 1.17 bits per heavy atom. The predicted molar refractivity (Wildman–Crippen MR) is 236 cm³/mol. The van der Waals surface area contributed by atoms with Gasteiger partial charge in [0.25, 0.3) is 0 Å². The van der Waals surface area contributed by atoms with Crippen molar-refractivity contribution in [1.29, 1.82) is 0 Å². The molecule has 1 aliphatic rings. The Hall–Kier alpha value is -2.66. The number of carbonyl (C=O) groups is 2. The van der Waals surface area contributed by atoms with E-state index in [2.05, 4.69) is 93.5 Å². The normalized spacial score (nSPS) is 11.6. The lowest BCUT2D eigenvalue weighted by Crippen LogP contribution is -1.99. The zero-order valence-electron chi connectivity index (χ0n) is 35.2. The number of Topliss-reactive ketones (excluding diaryl/α,β-unsaturated/α-hetero) is 2. The molecule has 0 saturated carbocycles. The number of hydrogen-bond acceptors (Lipinski definition) is 10. The van der Waals surface area contributed by atoms with E-state index in [1.165, 1.54) is 46.1 Å². The van der Waals surface area contributed by atoms with Crippen LogP contribution in [0.5, 0.6) is 0 Å². The summed E-state index contributed by atoms with van der Waals surface area (Å²) in [4.78, 5) is 43.0. The highest BCUT2D eigenvalue weighted by Gasteiger charge is 2.17. The first kappa shape index (κ1) is 48.4. The van der Waals surface area contributed by atoms with E-state index in [1.807, 2.05) is 71.2 Å². The first-order valence-electron chi connectivity index (χ1n) is 19.6. The fourth-order valence-corrected chi connectivity index (χ4v) is 8.62. The van der Waals surface area contributed by atoms with Crippen molar-refractivity contribution in [2.75, 3.05) is 0 Å². The highest BCUT2D eigenvalue weighted by molar-refractivity contribution is 7.18. The number of aryl methyl sites for hydroxylation is 3. The molecule has 0 fully saturated rings. The number of rotatable bonds is 8. The molecule has 1 aromatic carbocycles. The molecule has 0 bridgehead atoms. The van der Waals surface area contributed by atoms with Crippen molar-refractivity contribution in [3.8, 4) is 0 Å². The van der Waals surface area contributed by atoms with Crippen LogP contribution in [0.25, 0.3) is 10.2 Å². The third-order valence-corrected chi connectivity index (χ3v) is 12.9. The number of nitrogens with zero attached hydrogens (tertiary/aromatic N) is 4. The molecule has 6 rings (SSSR count). The lowest BCUT2D eigenvalue weighted by molar-refractivity contribution is 0.0975. The van der Waals surface area contributed by atoms with Crippen molar-refractivity contribution in [1.82, 2.24) is 19.9 Å². The summed E-state index contributed by atoms with van der Waals surface area (Å²) < 4.78 is 1.29. The maximum absolute atomic E-state index is 11.4. The molecule has 10 heteroatoms. The smallest absolute Gasteiger partial charge is 0.182 e. The van der Waals surface area contributed by atoms with Gasteiger partial charge in [-0.1, -0.05) is 109 Å². The van der Waals surface area contributed by atoms with Gasteiger partial charge in [-0.15, -0.1) is 45.3 Å². The molecule has 0 spiro atoms. The molecule has 0 amide bonds. The molecule has 0 saturated heterocycles. The first-order chi connectivity index (χ1) is 25.2. The molecule has 4 heterocycles. The Bertz CT molecular complexity index is 1720. The summed E-state index contributed by atoms with van der Waals surface area (Å²) in [5, 5.41) is 6.53. The van der Waals surface area contributed by atoms with Gasteiger partial charge in [0.1, 0.15) is 11.4 Å². The van der Waals surface area contributed by atoms with Crippen molar-refractivity contribution >= 4 is 67.1 Å². The third kappa shape index (κ3) is 15.5. The minimum atomic E-state index is 0.137. The zero-order chi connectivity index (χ0) is 40.2.